The summed E-state index contributed by atoms with van der Waals surface area (Å²) in [5.74, 6) is -8.88. The number of hydrogen-bond donors (Lipinski definition) is 13. The van der Waals surface area contributed by atoms with Crippen LogP contribution < -0.4 is 70.0 Å². The van der Waals surface area contributed by atoms with E-state index in [2.05, 4.69) is 124 Å². The molecule has 4 unspecified atom stereocenters. The lowest BCUT2D eigenvalue weighted by Crippen LogP contribution is -2.41. The molecule has 27 nitrogen and oxygen atoms in total. The normalized spacial score (nSPS) is 12.9. The van der Waals surface area contributed by atoms with Crippen molar-refractivity contribution < 1.29 is 57.4 Å². The zero-order valence-corrected chi connectivity index (χ0v) is 56.8. The number of carbonyl (C=O) groups is 10. The Kier molecular flexibility index (Phi) is 51.4. The summed E-state index contributed by atoms with van der Waals surface area (Å²) in [4.78, 5) is 139. The van der Waals surface area contributed by atoms with Crippen LogP contribution >= 0.6 is 0 Å². The summed E-state index contributed by atoms with van der Waals surface area (Å²) in [7, 11) is 0. The van der Waals surface area contributed by atoms with E-state index in [9.17, 15) is 47.9 Å². The van der Waals surface area contributed by atoms with Gasteiger partial charge in [-0.25, -0.2) is 0 Å². The third-order valence-electron chi connectivity index (χ3n) is 15.0. The molecule has 0 fully saturated rings. The number of nitrogens with two attached hydrogens (primary N) is 2. The lowest BCUT2D eigenvalue weighted by atomic mass is 9.83. The maximum Gasteiger partial charge on any atom is 0.307 e. The molecule has 15 N–H and O–H groups in total. The smallest absolute Gasteiger partial charge is 0.307 e. The van der Waals surface area contributed by atoms with Gasteiger partial charge >= 0.3 is 11.9 Å². The maximum atomic E-state index is 14.5. The number of amides is 5. The number of hydrogen-bond acceptors (Lipinski definition) is 22. The first kappa shape index (κ1) is 84.9. The number of carbonyl (C=O) groups excluding carboxylic acids is 10. The SMILES string of the molecule is CCCCNC(=O)C(CC(=O)CC(CC(=O)C(CC(=O)CC(CC)C(=O)NCCNCCNCCC(=O)OCCN(C(C)C)C(C)C)CC(=O)NCCNCCNCCC(=O)OCCN(C(C)C)C(C)C)C(=O)NCCNCCN)CC(=O)NCCNCCN. The van der Waals surface area contributed by atoms with E-state index in [0.717, 1.165) is 6.42 Å². The van der Waals surface area contributed by atoms with Crippen molar-refractivity contribution in [3.8, 4) is 0 Å². The van der Waals surface area contributed by atoms with Gasteiger partial charge < -0.3 is 79.4 Å². The molecule has 0 rings (SSSR count). The fraction of sp³-hybridized carbons (Fsp3) is 0.841. The Balaban J connectivity index is 6.05. The number of nitrogens with one attached hydrogen (secondary N) is 11. The molecule has 0 saturated heterocycles. The molecule has 4 atom stereocenters. The van der Waals surface area contributed by atoms with Crippen LogP contribution in [-0.4, -0.2) is 243 Å². The predicted molar refractivity (Wildman–Crippen MR) is 352 cm³/mol. The third-order valence-corrected chi connectivity index (χ3v) is 15.0. The second kappa shape index (κ2) is 54.5. The predicted octanol–water partition coefficient (Wildman–Crippen LogP) is -0.761. The van der Waals surface area contributed by atoms with E-state index in [-0.39, 0.29) is 69.7 Å². The fourth-order valence-corrected chi connectivity index (χ4v) is 10.0. The minimum Gasteiger partial charge on any atom is -0.464 e. The largest absolute Gasteiger partial charge is 0.464 e. The molecule has 5 amide bonds. The summed E-state index contributed by atoms with van der Waals surface area (Å²) in [6.07, 6.45) is -0.484. The molecule has 0 saturated carbocycles. The lowest BCUT2D eigenvalue weighted by molar-refractivity contribution is -0.145. The van der Waals surface area contributed by atoms with E-state index in [4.69, 9.17) is 20.9 Å². The first-order chi connectivity index (χ1) is 43.0. The Morgan fingerprint density at radius 1 is 0.367 bits per heavy atom. The van der Waals surface area contributed by atoms with Gasteiger partial charge in [0.05, 0.1) is 24.7 Å². The van der Waals surface area contributed by atoms with E-state index < -0.39 is 96.8 Å². The maximum absolute atomic E-state index is 14.5. The van der Waals surface area contributed by atoms with E-state index >= 15 is 0 Å². The molecule has 0 bridgehead atoms. The summed E-state index contributed by atoms with van der Waals surface area (Å²) in [6, 6.07) is 1.37. The minimum absolute atomic E-state index is 0.129. The van der Waals surface area contributed by atoms with Crippen molar-refractivity contribution in [1.82, 2.24) is 68.3 Å². The average molecular weight is 1280 g/mol. The number of esters is 2. The topological polar surface area (TPSA) is 380 Å². The average Bonchev–Trinajstić information content (AvgIpc) is 1.85. The molecule has 0 aromatic heterocycles. The van der Waals surface area contributed by atoms with Gasteiger partial charge in [0, 0.05) is 218 Å². The summed E-state index contributed by atoms with van der Waals surface area (Å²) in [6.45, 7) is 30.2. The number of ether oxygens (including phenoxy) is 2. The number of Topliss-reactive ketones (excluding diaryl/α,β-unsaturated/α-hetero) is 3. The summed E-state index contributed by atoms with van der Waals surface area (Å²) < 4.78 is 10.8. The Morgan fingerprint density at radius 2 is 0.689 bits per heavy atom. The van der Waals surface area contributed by atoms with Crippen LogP contribution in [0.1, 0.15) is 146 Å². The van der Waals surface area contributed by atoms with Crippen LogP contribution in [0.15, 0.2) is 0 Å². The molecule has 27 heteroatoms. The minimum atomic E-state index is -1.26. The molecule has 90 heavy (non-hydrogen) atoms. The standard InChI is InChI=1S/C63H123N15O12/c1-11-13-18-74-63(88)53(45-58(83)73-31-27-68-21-16-64)42-55(80)41-52(62(87)76-33-29-69-22-17-65)43-56(81)51(44-57(82)72-32-28-70-25-23-66-19-14-59(84)89-37-35-77(46(3)4)47(5)6)40-54(79)39-50(12-2)61(86)75-34-30-71-26-24-67-20-15-60(85)90-38-36-78(48(7)8)49(9)10/h46-53,66-71H,11-45,64-65H2,1-10H3,(H,72,82)(H,73,83)(H,74,88)(H,75,86)(H,76,87). The van der Waals surface area contributed by atoms with Gasteiger partial charge in [-0.15, -0.1) is 0 Å². The Morgan fingerprint density at radius 3 is 1.08 bits per heavy atom. The quantitative estimate of drug-likeness (QED) is 0.0263. The lowest BCUT2D eigenvalue weighted by Gasteiger charge is -2.30. The van der Waals surface area contributed by atoms with Gasteiger partial charge in [-0.1, -0.05) is 20.3 Å². The van der Waals surface area contributed by atoms with Crippen LogP contribution in [-0.2, 0) is 57.4 Å². The second-order valence-electron chi connectivity index (χ2n) is 24.0. The van der Waals surface area contributed by atoms with Crippen molar-refractivity contribution in [3.05, 3.63) is 0 Å². The van der Waals surface area contributed by atoms with Gasteiger partial charge in [0.15, 0.2) is 0 Å². The van der Waals surface area contributed by atoms with Crippen LogP contribution in [0.5, 0.6) is 0 Å². The van der Waals surface area contributed by atoms with Crippen LogP contribution in [0, 0.1) is 23.7 Å². The van der Waals surface area contributed by atoms with Gasteiger partial charge in [-0.3, -0.25) is 57.7 Å². The van der Waals surface area contributed by atoms with Crippen molar-refractivity contribution >= 4 is 58.8 Å². The van der Waals surface area contributed by atoms with Crippen molar-refractivity contribution in [2.24, 2.45) is 35.1 Å². The Hall–Kier alpha value is -5.10. The second-order valence-corrected chi connectivity index (χ2v) is 24.0. The van der Waals surface area contributed by atoms with Crippen molar-refractivity contribution in [1.29, 1.82) is 0 Å². The van der Waals surface area contributed by atoms with Gasteiger partial charge in [-0.05, 0) is 68.2 Å². The van der Waals surface area contributed by atoms with Gasteiger partial charge in [0.2, 0.25) is 29.5 Å². The molecule has 0 aromatic rings. The van der Waals surface area contributed by atoms with E-state index in [1.165, 1.54) is 0 Å². The number of ketones is 3. The van der Waals surface area contributed by atoms with E-state index in [0.29, 0.717) is 161 Å². The summed E-state index contributed by atoms with van der Waals surface area (Å²) in [5, 5.41) is 33.0. The highest BCUT2D eigenvalue weighted by molar-refractivity contribution is 5.97. The Bertz CT molecular complexity index is 2000. The van der Waals surface area contributed by atoms with E-state index in [1.54, 1.807) is 6.92 Å². The fourth-order valence-electron chi connectivity index (χ4n) is 10.0. The highest BCUT2D eigenvalue weighted by atomic mass is 16.5. The number of rotatable bonds is 60. The molecule has 0 aromatic carbocycles. The molecule has 0 aliphatic carbocycles. The third kappa shape index (κ3) is 44.4. The van der Waals surface area contributed by atoms with Crippen LogP contribution in [0.2, 0.25) is 0 Å². The molecule has 0 aliphatic heterocycles. The molecule has 0 spiro atoms. The van der Waals surface area contributed by atoms with Gasteiger partial charge in [0.25, 0.3) is 0 Å². The Labute approximate surface area is 538 Å². The molecule has 0 aliphatic rings. The van der Waals surface area contributed by atoms with Crippen molar-refractivity contribution in [2.75, 3.05) is 151 Å². The first-order valence-corrected chi connectivity index (χ1v) is 33.4. The number of nitrogens with zero attached hydrogens (tertiary/aromatic N) is 2. The van der Waals surface area contributed by atoms with Crippen LogP contribution in [0.25, 0.3) is 0 Å². The van der Waals surface area contributed by atoms with Gasteiger partial charge in [0.1, 0.15) is 30.6 Å². The summed E-state index contributed by atoms with van der Waals surface area (Å²) in [5.41, 5.74) is 11.2. The van der Waals surface area contributed by atoms with Crippen LogP contribution in [0.4, 0.5) is 0 Å². The van der Waals surface area contributed by atoms with Crippen LogP contribution in [0.3, 0.4) is 0 Å². The monoisotopic (exact) mass is 1280 g/mol. The van der Waals surface area contributed by atoms with Gasteiger partial charge in [-0.2, -0.15) is 0 Å². The molecular weight excluding hydrogens is 1160 g/mol. The highest BCUT2D eigenvalue weighted by Gasteiger charge is 2.34. The zero-order chi connectivity index (χ0) is 67.5. The molecule has 0 radical (unpaired) electrons. The first-order valence-electron chi connectivity index (χ1n) is 33.4. The molecule has 522 valence electrons. The molecular formula is C63H123N15O12. The highest BCUT2D eigenvalue weighted by Crippen LogP contribution is 2.24. The molecule has 0 heterocycles. The summed E-state index contributed by atoms with van der Waals surface area (Å²) >= 11 is 0. The number of unbranched alkanes of at least 4 members (excludes halogenated alkanes) is 1. The van der Waals surface area contributed by atoms with E-state index in [1.807, 2.05) is 6.92 Å². The van der Waals surface area contributed by atoms with Crippen molar-refractivity contribution in [3.63, 3.8) is 0 Å². The van der Waals surface area contributed by atoms with Crippen molar-refractivity contribution in [2.45, 2.75) is 170 Å². The zero-order valence-electron chi connectivity index (χ0n) is 56.8.